The van der Waals surface area contributed by atoms with Crippen molar-refractivity contribution in [3.63, 3.8) is 0 Å². The largest absolute Gasteiger partial charge is 0.485 e. The van der Waals surface area contributed by atoms with Crippen LogP contribution in [0.3, 0.4) is 0 Å². The minimum Gasteiger partial charge on any atom is -0.485 e. The number of rotatable bonds is 11. The lowest BCUT2D eigenvalue weighted by atomic mass is 9.85. The van der Waals surface area contributed by atoms with E-state index in [-0.39, 0.29) is 30.9 Å². The van der Waals surface area contributed by atoms with Crippen molar-refractivity contribution in [2.45, 2.75) is 38.2 Å². The number of ether oxygens (including phenoxy) is 1. The van der Waals surface area contributed by atoms with Crippen LogP contribution in [-0.4, -0.2) is 23.5 Å². The molecule has 1 unspecified atom stereocenters. The van der Waals surface area contributed by atoms with Gasteiger partial charge in [-0.05, 0) is 53.9 Å². The number of carboxylic acids is 1. The molecule has 184 valence electrons. The highest BCUT2D eigenvalue weighted by molar-refractivity contribution is 6.42. The standard InChI is InChI=1S/C27H26Cl3NO4/c1-2-3-22(17-4-6-19(7-5-17)27(34)31-15-14-25(32)33)26(18-8-10-20(28)11-9-18)35-21-12-13-23(29)24(30)16-21/h4-13,16,22,26H,2-3,14-15H2,1H3,(H,31,34)(H,32,33)/t22-,26?/m1/s1. The number of hydrogen-bond donors (Lipinski definition) is 2. The van der Waals surface area contributed by atoms with E-state index in [0.29, 0.717) is 26.4 Å². The number of halogens is 3. The molecule has 0 aliphatic heterocycles. The van der Waals surface area contributed by atoms with Gasteiger partial charge in [0.05, 0.1) is 16.5 Å². The zero-order valence-electron chi connectivity index (χ0n) is 19.1. The maximum Gasteiger partial charge on any atom is 0.305 e. The smallest absolute Gasteiger partial charge is 0.305 e. The molecule has 0 radical (unpaired) electrons. The lowest BCUT2D eigenvalue weighted by Crippen LogP contribution is -2.26. The number of nitrogens with one attached hydrogen (secondary N) is 1. The lowest BCUT2D eigenvalue weighted by Gasteiger charge is -2.29. The van der Waals surface area contributed by atoms with Crippen molar-refractivity contribution in [3.05, 3.63) is 98.5 Å². The molecule has 3 rings (SSSR count). The zero-order chi connectivity index (χ0) is 25.4. The molecule has 2 N–H and O–H groups in total. The fourth-order valence-corrected chi connectivity index (χ4v) is 4.22. The third kappa shape index (κ3) is 7.63. The summed E-state index contributed by atoms with van der Waals surface area (Å²) in [5, 5.41) is 12.9. The molecular weight excluding hydrogens is 509 g/mol. The Bertz CT molecular complexity index is 1150. The second-order valence-electron chi connectivity index (χ2n) is 8.08. The number of benzene rings is 3. The average molecular weight is 535 g/mol. The van der Waals surface area contributed by atoms with Crippen LogP contribution in [-0.2, 0) is 4.79 Å². The van der Waals surface area contributed by atoms with Crippen LogP contribution in [0.4, 0.5) is 0 Å². The quantitative estimate of drug-likeness (QED) is 0.266. The van der Waals surface area contributed by atoms with Crippen LogP contribution in [0.2, 0.25) is 15.1 Å². The summed E-state index contributed by atoms with van der Waals surface area (Å²) in [7, 11) is 0. The highest BCUT2D eigenvalue weighted by atomic mass is 35.5. The SMILES string of the molecule is CCC[C@H](c1ccc(C(=O)NCCC(=O)O)cc1)C(Oc1ccc(Cl)c(Cl)c1)c1ccc(Cl)cc1. The van der Waals surface area contributed by atoms with Crippen LogP contribution in [0.1, 0.15) is 59.7 Å². The second-order valence-corrected chi connectivity index (χ2v) is 9.33. The molecule has 0 aliphatic carbocycles. The molecule has 8 heteroatoms. The Morgan fingerprint density at radius 2 is 1.57 bits per heavy atom. The molecule has 0 saturated carbocycles. The van der Waals surface area contributed by atoms with Gasteiger partial charge < -0.3 is 15.2 Å². The Hall–Kier alpha value is -2.73. The molecule has 3 aromatic carbocycles. The third-order valence-corrected chi connectivity index (χ3v) is 6.53. The molecule has 0 aromatic heterocycles. The monoisotopic (exact) mass is 533 g/mol. The minimum absolute atomic E-state index is 0.0280. The maximum absolute atomic E-state index is 12.4. The Labute approximate surface area is 220 Å². The van der Waals surface area contributed by atoms with Gasteiger partial charge in [-0.3, -0.25) is 9.59 Å². The molecule has 35 heavy (non-hydrogen) atoms. The molecule has 0 fully saturated rings. The summed E-state index contributed by atoms with van der Waals surface area (Å²) in [6.07, 6.45) is 1.27. The zero-order valence-corrected chi connectivity index (χ0v) is 21.4. The molecule has 0 heterocycles. The van der Waals surface area contributed by atoms with Crippen LogP contribution in [0.15, 0.2) is 66.7 Å². The molecule has 0 spiro atoms. The number of amides is 1. The van der Waals surface area contributed by atoms with Crippen LogP contribution in [0.25, 0.3) is 0 Å². The van der Waals surface area contributed by atoms with Crippen molar-refractivity contribution in [1.82, 2.24) is 5.32 Å². The summed E-state index contributed by atoms with van der Waals surface area (Å²) in [4.78, 5) is 23.0. The van der Waals surface area contributed by atoms with Crippen molar-refractivity contribution in [2.24, 2.45) is 0 Å². The van der Waals surface area contributed by atoms with Gasteiger partial charge in [-0.1, -0.05) is 72.4 Å². The summed E-state index contributed by atoms with van der Waals surface area (Å²) in [5.74, 6) is -0.709. The highest BCUT2D eigenvalue weighted by Crippen LogP contribution is 2.40. The van der Waals surface area contributed by atoms with Crippen molar-refractivity contribution < 1.29 is 19.4 Å². The highest BCUT2D eigenvalue weighted by Gasteiger charge is 2.27. The van der Waals surface area contributed by atoms with Gasteiger partial charge in [0.15, 0.2) is 0 Å². The number of hydrogen-bond acceptors (Lipinski definition) is 3. The van der Waals surface area contributed by atoms with Gasteiger partial charge in [0.2, 0.25) is 0 Å². The fourth-order valence-electron chi connectivity index (χ4n) is 3.80. The summed E-state index contributed by atoms with van der Waals surface area (Å²) in [6, 6.07) is 20.0. The summed E-state index contributed by atoms with van der Waals surface area (Å²) in [5.41, 5.74) is 2.42. The predicted molar refractivity (Wildman–Crippen MR) is 140 cm³/mol. The third-order valence-electron chi connectivity index (χ3n) is 5.54. The van der Waals surface area contributed by atoms with Crippen LogP contribution < -0.4 is 10.1 Å². The predicted octanol–water partition coefficient (Wildman–Crippen LogP) is 7.56. The number of aliphatic carboxylic acids is 1. The molecule has 5 nitrogen and oxygen atoms in total. The normalized spacial score (nSPS) is 12.6. The first-order valence-electron chi connectivity index (χ1n) is 11.3. The number of carboxylic acid groups (broad SMARTS) is 1. The molecule has 0 saturated heterocycles. The van der Waals surface area contributed by atoms with E-state index in [1.54, 1.807) is 30.3 Å². The van der Waals surface area contributed by atoms with E-state index in [9.17, 15) is 9.59 Å². The second kappa shape index (κ2) is 12.8. The van der Waals surface area contributed by atoms with E-state index >= 15 is 0 Å². The van der Waals surface area contributed by atoms with Crippen molar-refractivity contribution in [1.29, 1.82) is 0 Å². The first kappa shape index (κ1) is 26.9. The summed E-state index contributed by atoms with van der Waals surface area (Å²) < 4.78 is 6.48. The van der Waals surface area contributed by atoms with E-state index < -0.39 is 5.97 Å². The van der Waals surface area contributed by atoms with Crippen LogP contribution in [0.5, 0.6) is 5.75 Å². The first-order valence-corrected chi connectivity index (χ1v) is 12.4. The molecule has 0 aliphatic rings. The Balaban J connectivity index is 1.90. The van der Waals surface area contributed by atoms with Gasteiger partial charge in [0.25, 0.3) is 5.91 Å². The Morgan fingerprint density at radius 1 is 0.914 bits per heavy atom. The Morgan fingerprint density at radius 3 is 2.17 bits per heavy atom. The van der Waals surface area contributed by atoms with Crippen LogP contribution >= 0.6 is 34.8 Å². The minimum atomic E-state index is -0.960. The molecule has 3 aromatic rings. The van der Waals surface area contributed by atoms with E-state index in [1.165, 1.54) is 0 Å². The van der Waals surface area contributed by atoms with Crippen molar-refractivity contribution in [2.75, 3.05) is 6.54 Å². The van der Waals surface area contributed by atoms with Crippen molar-refractivity contribution >= 4 is 46.7 Å². The Kier molecular flexibility index (Phi) is 9.84. The van der Waals surface area contributed by atoms with E-state index in [1.807, 2.05) is 36.4 Å². The summed E-state index contributed by atoms with van der Waals surface area (Å²) >= 11 is 18.4. The lowest BCUT2D eigenvalue weighted by molar-refractivity contribution is -0.136. The maximum atomic E-state index is 12.4. The molecule has 1 amide bonds. The average Bonchev–Trinajstić information content (AvgIpc) is 2.84. The van der Waals surface area contributed by atoms with E-state index in [0.717, 1.165) is 24.0 Å². The molecular formula is C27H26Cl3NO4. The fraction of sp³-hybridized carbons (Fsp3) is 0.259. The van der Waals surface area contributed by atoms with Gasteiger partial charge in [-0.15, -0.1) is 0 Å². The number of carbonyl (C=O) groups excluding carboxylic acids is 1. The van der Waals surface area contributed by atoms with Crippen LogP contribution in [0, 0.1) is 0 Å². The number of carbonyl (C=O) groups is 2. The van der Waals surface area contributed by atoms with E-state index in [4.69, 9.17) is 44.6 Å². The topological polar surface area (TPSA) is 75.6 Å². The van der Waals surface area contributed by atoms with Gasteiger partial charge in [0, 0.05) is 29.1 Å². The van der Waals surface area contributed by atoms with Gasteiger partial charge in [0.1, 0.15) is 11.9 Å². The first-order chi connectivity index (χ1) is 16.8. The van der Waals surface area contributed by atoms with Gasteiger partial charge >= 0.3 is 5.97 Å². The van der Waals surface area contributed by atoms with E-state index in [2.05, 4.69) is 12.2 Å². The van der Waals surface area contributed by atoms with Gasteiger partial charge in [-0.25, -0.2) is 0 Å². The van der Waals surface area contributed by atoms with Crippen molar-refractivity contribution in [3.8, 4) is 5.75 Å². The van der Waals surface area contributed by atoms with Gasteiger partial charge in [-0.2, -0.15) is 0 Å². The summed E-state index contributed by atoms with van der Waals surface area (Å²) in [6.45, 7) is 2.18. The molecule has 2 atom stereocenters. The molecule has 0 bridgehead atoms.